The summed E-state index contributed by atoms with van der Waals surface area (Å²) in [7, 11) is -3.04. The van der Waals surface area contributed by atoms with Gasteiger partial charge in [-0.2, -0.15) is 0 Å². The van der Waals surface area contributed by atoms with Crippen LogP contribution in [-0.4, -0.2) is 37.1 Å². The molecule has 1 fully saturated rings. The Morgan fingerprint density at radius 1 is 1.38 bits per heavy atom. The maximum Gasteiger partial charge on any atom is 0.230 e. The minimum absolute atomic E-state index is 0.0107. The van der Waals surface area contributed by atoms with E-state index < -0.39 is 15.4 Å². The summed E-state index contributed by atoms with van der Waals surface area (Å²) in [6.07, 6.45) is 0.443. The van der Waals surface area contributed by atoms with Gasteiger partial charge in [0.15, 0.2) is 9.84 Å². The maximum absolute atomic E-state index is 12.0. The molecule has 0 saturated carbocycles. The Kier molecular flexibility index (Phi) is 5.13. The molecule has 2 rings (SSSR count). The Labute approximate surface area is 138 Å². The largest absolute Gasteiger partial charge is 0.349 e. The van der Waals surface area contributed by atoms with Crippen molar-refractivity contribution >= 4 is 50.7 Å². The van der Waals surface area contributed by atoms with E-state index in [1.807, 2.05) is 0 Å². The van der Waals surface area contributed by atoms with Crippen molar-refractivity contribution in [2.45, 2.75) is 23.8 Å². The highest BCUT2D eigenvalue weighted by Gasteiger charge is 2.39. The summed E-state index contributed by atoms with van der Waals surface area (Å²) in [6.45, 7) is 1.75. The van der Waals surface area contributed by atoms with Crippen molar-refractivity contribution in [3.63, 3.8) is 0 Å². The number of carbonyl (C=O) groups is 1. The van der Waals surface area contributed by atoms with E-state index >= 15 is 0 Å². The van der Waals surface area contributed by atoms with Crippen LogP contribution in [-0.2, 0) is 14.6 Å². The zero-order valence-corrected chi connectivity index (χ0v) is 14.5. The van der Waals surface area contributed by atoms with Gasteiger partial charge in [-0.15, -0.1) is 11.8 Å². The van der Waals surface area contributed by atoms with Crippen LogP contribution in [0.25, 0.3) is 0 Å². The van der Waals surface area contributed by atoms with Gasteiger partial charge in [-0.3, -0.25) is 4.79 Å². The molecule has 0 radical (unpaired) electrons. The van der Waals surface area contributed by atoms with Crippen molar-refractivity contribution in [2.24, 2.45) is 0 Å². The van der Waals surface area contributed by atoms with E-state index in [1.54, 1.807) is 25.1 Å². The van der Waals surface area contributed by atoms with Crippen LogP contribution in [0.2, 0.25) is 10.0 Å². The Bertz CT molecular complexity index is 643. The lowest BCUT2D eigenvalue weighted by molar-refractivity contribution is -0.120. The molecule has 0 aliphatic carbocycles. The topological polar surface area (TPSA) is 63.2 Å². The lowest BCUT2D eigenvalue weighted by Gasteiger charge is -2.23. The second-order valence-electron chi connectivity index (χ2n) is 5.29. The number of nitrogens with one attached hydrogen (secondary N) is 1. The number of carbonyl (C=O) groups excluding carboxylic acids is 1. The maximum atomic E-state index is 12.0. The second-order valence-corrected chi connectivity index (χ2v) is 9.27. The van der Waals surface area contributed by atoms with Crippen LogP contribution in [0, 0.1) is 0 Å². The number of thioether (sulfide) groups is 1. The molecule has 0 unspecified atom stereocenters. The van der Waals surface area contributed by atoms with Crippen LogP contribution in [0.3, 0.4) is 0 Å². The SMILES string of the molecule is C[C@]1(NC(=O)CSc2c(Cl)cccc2Cl)CCS(=O)(=O)C1. The first-order valence-electron chi connectivity index (χ1n) is 6.29. The Balaban J connectivity index is 1.94. The van der Waals surface area contributed by atoms with Crippen molar-refractivity contribution in [2.75, 3.05) is 17.3 Å². The predicted octanol–water partition coefficient (Wildman–Crippen LogP) is 2.78. The molecule has 0 spiro atoms. The molecule has 1 atom stereocenters. The van der Waals surface area contributed by atoms with Crippen LogP contribution in [0.15, 0.2) is 23.1 Å². The fraction of sp³-hybridized carbons (Fsp3) is 0.462. The average Bonchev–Trinajstić information content (AvgIpc) is 2.62. The van der Waals surface area contributed by atoms with Gasteiger partial charge in [0.25, 0.3) is 0 Å². The molecule has 116 valence electrons. The molecule has 1 amide bonds. The monoisotopic (exact) mass is 367 g/mol. The smallest absolute Gasteiger partial charge is 0.230 e. The molecule has 1 aliphatic rings. The number of sulfone groups is 1. The molecule has 0 bridgehead atoms. The van der Waals surface area contributed by atoms with Gasteiger partial charge in [-0.1, -0.05) is 29.3 Å². The summed E-state index contributed by atoms with van der Waals surface area (Å²) in [5.41, 5.74) is -0.680. The van der Waals surface area contributed by atoms with E-state index in [0.717, 1.165) is 0 Å². The molecule has 1 saturated heterocycles. The third-order valence-corrected chi connectivity index (χ3v) is 7.10. The molecule has 1 N–H and O–H groups in total. The van der Waals surface area contributed by atoms with Crippen LogP contribution < -0.4 is 5.32 Å². The van der Waals surface area contributed by atoms with Crippen molar-refractivity contribution < 1.29 is 13.2 Å². The number of hydrogen-bond donors (Lipinski definition) is 1. The van der Waals surface area contributed by atoms with Crippen molar-refractivity contribution in [3.05, 3.63) is 28.2 Å². The summed E-state index contributed by atoms with van der Waals surface area (Å²) >= 11 is 13.3. The first-order chi connectivity index (χ1) is 9.71. The fourth-order valence-electron chi connectivity index (χ4n) is 2.24. The summed E-state index contributed by atoms with van der Waals surface area (Å²) in [6, 6.07) is 5.15. The van der Waals surface area contributed by atoms with Gasteiger partial charge in [0.05, 0.1) is 32.8 Å². The Morgan fingerprint density at radius 2 is 2.00 bits per heavy atom. The standard InChI is InChI=1S/C13H15Cl2NO3S2/c1-13(5-6-21(18,19)8-13)16-11(17)7-20-12-9(14)3-2-4-10(12)15/h2-4H,5-8H2,1H3,(H,16,17)/t13-/m0/s1. The van der Waals surface area contributed by atoms with E-state index in [1.165, 1.54) is 11.8 Å². The molecule has 1 heterocycles. The third-order valence-electron chi connectivity index (χ3n) is 3.21. The lowest BCUT2D eigenvalue weighted by atomic mass is 10.0. The Hall–Kier alpha value is -0.430. The molecular weight excluding hydrogens is 353 g/mol. The van der Waals surface area contributed by atoms with Gasteiger partial charge in [-0.25, -0.2) is 8.42 Å². The van der Waals surface area contributed by atoms with Crippen molar-refractivity contribution in [1.29, 1.82) is 0 Å². The second kappa shape index (κ2) is 6.36. The zero-order valence-electron chi connectivity index (χ0n) is 11.4. The number of hydrogen-bond acceptors (Lipinski definition) is 4. The van der Waals surface area contributed by atoms with Crippen molar-refractivity contribution in [3.8, 4) is 0 Å². The summed E-state index contributed by atoms with van der Waals surface area (Å²) < 4.78 is 23.0. The third kappa shape index (κ3) is 4.52. The molecular formula is C13H15Cl2NO3S2. The number of rotatable bonds is 4. The Morgan fingerprint density at radius 3 is 2.52 bits per heavy atom. The van der Waals surface area contributed by atoms with E-state index in [0.29, 0.717) is 21.4 Å². The quantitative estimate of drug-likeness (QED) is 0.831. The first kappa shape index (κ1) is 16.9. The van der Waals surface area contributed by atoms with Crippen LogP contribution in [0.5, 0.6) is 0 Å². The van der Waals surface area contributed by atoms with E-state index in [9.17, 15) is 13.2 Å². The lowest BCUT2D eigenvalue weighted by Crippen LogP contribution is -2.47. The van der Waals surface area contributed by atoms with Gasteiger partial charge >= 0.3 is 0 Å². The predicted molar refractivity (Wildman–Crippen MR) is 87.0 cm³/mol. The number of halogens is 2. The minimum atomic E-state index is -3.04. The zero-order chi connectivity index (χ0) is 15.7. The first-order valence-corrected chi connectivity index (χ1v) is 9.85. The summed E-state index contributed by atoms with van der Waals surface area (Å²) in [5.74, 6) is 0.0193. The molecule has 1 aromatic rings. The average molecular weight is 368 g/mol. The molecule has 4 nitrogen and oxygen atoms in total. The van der Waals surface area contributed by atoms with E-state index in [2.05, 4.69) is 5.32 Å². The van der Waals surface area contributed by atoms with Crippen LogP contribution in [0.1, 0.15) is 13.3 Å². The van der Waals surface area contributed by atoms with Crippen molar-refractivity contribution in [1.82, 2.24) is 5.32 Å². The van der Waals surface area contributed by atoms with Crippen LogP contribution >= 0.6 is 35.0 Å². The van der Waals surface area contributed by atoms with E-state index in [-0.39, 0.29) is 23.2 Å². The van der Waals surface area contributed by atoms with Crippen LogP contribution in [0.4, 0.5) is 0 Å². The highest BCUT2D eigenvalue weighted by atomic mass is 35.5. The molecule has 1 aromatic carbocycles. The van der Waals surface area contributed by atoms with Gasteiger partial charge < -0.3 is 5.32 Å². The summed E-state index contributed by atoms with van der Waals surface area (Å²) in [4.78, 5) is 12.7. The normalized spacial score (nSPS) is 24.0. The highest BCUT2D eigenvalue weighted by Crippen LogP contribution is 2.33. The van der Waals surface area contributed by atoms with Gasteiger partial charge in [0, 0.05) is 4.90 Å². The number of benzene rings is 1. The van der Waals surface area contributed by atoms with E-state index in [4.69, 9.17) is 23.2 Å². The number of amides is 1. The van der Waals surface area contributed by atoms with Gasteiger partial charge in [-0.05, 0) is 25.5 Å². The van der Waals surface area contributed by atoms with Gasteiger partial charge in [0.1, 0.15) is 0 Å². The van der Waals surface area contributed by atoms with Gasteiger partial charge in [0.2, 0.25) is 5.91 Å². The molecule has 8 heteroatoms. The molecule has 21 heavy (non-hydrogen) atoms. The molecule has 1 aliphatic heterocycles. The molecule has 0 aromatic heterocycles. The highest BCUT2D eigenvalue weighted by molar-refractivity contribution is 8.00. The fourth-order valence-corrected chi connectivity index (χ4v) is 5.82. The minimum Gasteiger partial charge on any atom is -0.349 e. The summed E-state index contributed by atoms with van der Waals surface area (Å²) in [5, 5.41) is 3.79.